The number of carboxylic acid groups (broad SMARTS) is 1. The average molecular weight is 216 g/mol. The van der Waals surface area contributed by atoms with E-state index in [4.69, 9.17) is 0 Å². The standard InChI is InChI=1S/C7H6O6S/c8-7(9)5-3-1-2-4-6(5)13-14(10,11)12/h1-4H,(H,8,9)(H,10,11,12)/p-2. The van der Waals surface area contributed by atoms with Gasteiger partial charge in [0, 0.05) is 5.56 Å². The molecule has 0 radical (unpaired) electrons. The topological polar surface area (TPSA) is 107 Å². The summed E-state index contributed by atoms with van der Waals surface area (Å²) in [6.45, 7) is 0. The second kappa shape index (κ2) is 3.64. The zero-order valence-corrected chi connectivity index (χ0v) is 7.48. The largest absolute Gasteiger partial charge is 0.716 e. The zero-order chi connectivity index (χ0) is 10.8. The van der Waals surface area contributed by atoms with Crippen LogP contribution in [0.4, 0.5) is 0 Å². The summed E-state index contributed by atoms with van der Waals surface area (Å²) in [6.07, 6.45) is 0. The predicted molar refractivity (Wildman–Crippen MR) is 41.1 cm³/mol. The van der Waals surface area contributed by atoms with Crippen molar-refractivity contribution in [2.24, 2.45) is 0 Å². The van der Waals surface area contributed by atoms with Crippen molar-refractivity contribution in [2.45, 2.75) is 0 Å². The first-order chi connectivity index (χ1) is 6.40. The average Bonchev–Trinajstić information content (AvgIpc) is 2.01. The van der Waals surface area contributed by atoms with Crippen LogP contribution in [0.15, 0.2) is 24.3 Å². The van der Waals surface area contributed by atoms with Gasteiger partial charge in [0.05, 0.1) is 5.97 Å². The van der Waals surface area contributed by atoms with E-state index in [9.17, 15) is 22.9 Å². The monoisotopic (exact) mass is 216 g/mol. The predicted octanol–water partition coefficient (Wildman–Crippen LogP) is -1.11. The van der Waals surface area contributed by atoms with Crippen LogP contribution in [0.5, 0.6) is 5.75 Å². The Bertz CT molecular complexity index is 449. The Morgan fingerprint density at radius 3 is 2.36 bits per heavy atom. The summed E-state index contributed by atoms with van der Waals surface area (Å²) in [6, 6.07) is 4.78. The molecule has 7 heteroatoms. The highest BCUT2D eigenvalue weighted by molar-refractivity contribution is 7.81. The summed E-state index contributed by atoms with van der Waals surface area (Å²) in [7, 11) is -4.97. The number of carbonyl (C=O) groups is 1. The molecule has 0 N–H and O–H groups in total. The Morgan fingerprint density at radius 2 is 1.86 bits per heavy atom. The lowest BCUT2D eigenvalue weighted by molar-refractivity contribution is -0.255. The van der Waals surface area contributed by atoms with Crippen LogP contribution in [0.1, 0.15) is 10.4 Å². The summed E-state index contributed by atoms with van der Waals surface area (Å²) in [5.41, 5.74) is -0.494. The first kappa shape index (κ1) is 10.5. The van der Waals surface area contributed by atoms with Crippen molar-refractivity contribution in [2.75, 3.05) is 0 Å². The number of aromatic carboxylic acids is 1. The molecule has 0 spiro atoms. The Morgan fingerprint density at radius 1 is 1.29 bits per heavy atom. The fourth-order valence-corrected chi connectivity index (χ4v) is 1.18. The second-order valence-corrected chi connectivity index (χ2v) is 3.26. The van der Waals surface area contributed by atoms with Crippen LogP contribution >= 0.6 is 0 Å². The molecule has 0 fully saturated rings. The smallest absolute Gasteiger partial charge is 0.262 e. The molecule has 6 nitrogen and oxygen atoms in total. The first-order valence-electron chi connectivity index (χ1n) is 3.36. The molecule has 0 aliphatic heterocycles. The molecule has 0 saturated carbocycles. The maximum absolute atomic E-state index is 10.4. The minimum Gasteiger partial charge on any atom is -0.716 e. The van der Waals surface area contributed by atoms with Crippen LogP contribution in [0.25, 0.3) is 0 Å². The summed E-state index contributed by atoms with van der Waals surface area (Å²) in [4.78, 5) is 10.4. The lowest BCUT2D eigenvalue weighted by Gasteiger charge is -2.12. The van der Waals surface area contributed by atoms with E-state index in [1.54, 1.807) is 0 Å². The van der Waals surface area contributed by atoms with Crippen LogP contribution < -0.4 is 9.29 Å². The second-order valence-electron chi connectivity index (χ2n) is 2.28. The number of rotatable bonds is 3. The Hall–Kier alpha value is -1.60. The fraction of sp³-hybridized carbons (Fsp3) is 0. The van der Waals surface area contributed by atoms with Gasteiger partial charge in [0.15, 0.2) is 5.75 Å². The zero-order valence-electron chi connectivity index (χ0n) is 6.67. The summed E-state index contributed by atoms with van der Waals surface area (Å²) in [5.74, 6) is -2.17. The summed E-state index contributed by atoms with van der Waals surface area (Å²) < 4.78 is 34.4. The Balaban J connectivity index is 3.15. The highest BCUT2D eigenvalue weighted by atomic mass is 32.3. The van der Waals surface area contributed by atoms with Crippen molar-refractivity contribution in [3.63, 3.8) is 0 Å². The molecule has 0 amide bonds. The SMILES string of the molecule is O=C([O-])c1ccccc1OS(=O)(=O)[O-]. The molecule has 1 aromatic rings. The van der Waals surface area contributed by atoms with Crippen LogP contribution in [0.2, 0.25) is 0 Å². The molecular weight excluding hydrogens is 212 g/mol. The van der Waals surface area contributed by atoms with Crippen LogP contribution in [-0.4, -0.2) is 18.9 Å². The maximum Gasteiger partial charge on any atom is 0.262 e. The maximum atomic E-state index is 10.4. The summed E-state index contributed by atoms with van der Waals surface area (Å²) in [5, 5.41) is 10.4. The van der Waals surface area contributed by atoms with E-state index in [1.165, 1.54) is 12.1 Å². The normalized spacial score (nSPS) is 10.9. The molecule has 0 saturated heterocycles. The lowest BCUT2D eigenvalue weighted by atomic mass is 10.2. The molecule has 0 atom stereocenters. The molecule has 1 rings (SSSR count). The molecule has 0 heterocycles. The molecule has 1 aromatic carbocycles. The van der Waals surface area contributed by atoms with Gasteiger partial charge in [-0.25, -0.2) is 8.42 Å². The van der Waals surface area contributed by atoms with E-state index >= 15 is 0 Å². The van der Waals surface area contributed by atoms with Crippen molar-refractivity contribution in [1.29, 1.82) is 0 Å². The number of carbonyl (C=O) groups excluding carboxylic acids is 1. The van der Waals surface area contributed by atoms with Gasteiger partial charge in [0.25, 0.3) is 10.4 Å². The third kappa shape index (κ3) is 2.71. The number of hydrogen-bond donors (Lipinski definition) is 0. The van der Waals surface area contributed by atoms with Gasteiger partial charge in [0.1, 0.15) is 0 Å². The Labute approximate surface area is 79.7 Å². The van der Waals surface area contributed by atoms with E-state index in [2.05, 4.69) is 4.18 Å². The minimum absolute atomic E-state index is 0.494. The van der Waals surface area contributed by atoms with Gasteiger partial charge < -0.3 is 18.6 Å². The molecular formula is C7H4O6S-2. The number of para-hydroxylation sites is 1. The van der Waals surface area contributed by atoms with E-state index < -0.39 is 27.7 Å². The van der Waals surface area contributed by atoms with Gasteiger partial charge >= 0.3 is 0 Å². The van der Waals surface area contributed by atoms with Crippen LogP contribution in [0, 0.1) is 0 Å². The van der Waals surface area contributed by atoms with E-state index in [0.717, 1.165) is 12.1 Å². The molecule has 0 bridgehead atoms. The quantitative estimate of drug-likeness (QED) is 0.468. The van der Waals surface area contributed by atoms with Gasteiger partial charge in [-0.05, 0) is 12.1 Å². The van der Waals surface area contributed by atoms with Crippen molar-refractivity contribution in [1.82, 2.24) is 0 Å². The van der Waals surface area contributed by atoms with Crippen LogP contribution in [0.3, 0.4) is 0 Å². The lowest BCUT2D eigenvalue weighted by Crippen LogP contribution is -2.23. The molecule has 0 aliphatic carbocycles. The van der Waals surface area contributed by atoms with Crippen molar-refractivity contribution in [3.8, 4) is 5.75 Å². The highest BCUT2D eigenvalue weighted by Gasteiger charge is 2.06. The molecule has 0 unspecified atom stereocenters. The van der Waals surface area contributed by atoms with Crippen molar-refractivity contribution in [3.05, 3.63) is 29.8 Å². The van der Waals surface area contributed by atoms with Gasteiger partial charge in [-0.3, -0.25) is 0 Å². The van der Waals surface area contributed by atoms with Gasteiger partial charge in [-0.2, -0.15) is 0 Å². The molecule has 0 aromatic heterocycles. The third-order valence-corrected chi connectivity index (χ3v) is 1.68. The van der Waals surface area contributed by atoms with Gasteiger partial charge in [-0.15, -0.1) is 0 Å². The number of benzene rings is 1. The summed E-state index contributed by atoms with van der Waals surface area (Å²) >= 11 is 0. The fourth-order valence-electron chi connectivity index (χ4n) is 0.818. The number of hydrogen-bond acceptors (Lipinski definition) is 6. The minimum atomic E-state index is -4.97. The molecule has 0 aliphatic rings. The van der Waals surface area contributed by atoms with Gasteiger partial charge in [-0.1, -0.05) is 12.1 Å². The van der Waals surface area contributed by atoms with Crippen LogP contribution in [-0.2, 0) is 10.4 Å². The van der Waals surface area contributed by atoms with Crippen molar-refractivity contribution >= 4 is 16.4 Å². The van der Waals surface area contributed by atoms with E-state index in [-0.39, 0.29) is 0 Å². The number of carboxylic acids is 1. The highest BCUT2D eigenvalue weighted by Crippen LogP contribution is 2.18. The van der Waals surface area contributed by atoms with Crippen molar-refractivity contribution < 1.29 is 27.1 Å². The van der Waals surface area contributed by atoms with E-state index in [0.29, 0.717) is 0 Å². The molecule has 76 valence electrons. The van der Waals surface area contributed by atoms with E-state index in [1.807, 2.05) is 0 Å². The Kier molecular flexibility index (Phi) is 2.73. The molecule has 14 heavy (non-hydrogen) atoms. The first-order valence-corrected chi connectivity index (χ1v) is 4.69. The van der Waals surface area contributed by atoms with Gasteiger partial charge in [0.2, 0.25) is 0 Å². The third-order valence-electron chi connectivity index (χ3n) is 1.30.